The average molecular weight is 381 g/mol. The third-order valence-electron chi connectivity index (χ3n) is 4.81. The molecule has 4 rings (SSSR count). The molecule has 1 aromatic heterocycles. The van der Waals surface area contributed by atoms with E-state index in [1.165, 1.54) is 16.8 Å². The molecule has 0 spiro atoms. The van der Waals surface area contributed by atoms with Gasteiger partial charge in [0, 0.05) is 25.6 Å². The molecular weight excluding hydrogens is 361 g/mol. The summed E-state index contributed by atoms with van der Waals surface area (Å²) in [7, 11) is 1.67. The minimum absolute atomic E-state index is 0.0789. The van der Waals surface area contributed by atoms with Crippen LogP contribution in [0.2, 0.25) is 0 Å². The van der Waals surface area contributed by atoms with Crippen LogP contribution in [-0.2, 0) is 13.5 Å². The number of aromatic nitrogens is 2. The number of rotatable bonds is 5. The molecule has 0 radical (unpaired) electrons. The first kappa shape index (κ1) is 18.2. The number of carbonyl (C=O) groups is 1. The molecule has 0 aliphatic carbocycles. The van der Waals surface area contributed by atoms with Gasteiger partial charge in [-0.1, -0.05) is 6.07 Å². The molecule has 3 aromatic rings. The van der Waals surface area contributed by atoms with Crippen molar-refractivity contribution in [2.45, 2.75) is 12.5 Å². The van der Waals surface area contributed by atoms with E-state index in [0.29, 0.717) is 18.0 Å². The van der Waals surface area contributed by atoms with Crippen LogP contribution in [-0.4, -0.2) is 33.9 Å². The van der Waals surface area contributed by atoms with Crippen molar-refractivity contribution in [3.8, 4) is 17.0 Å². The van der Waals surface area contributed by atoms with Crippen LogP contribution in [0.4, 0.5) is 4.39 Å². The Kier molecular flexibility index (Phi) is 4.83. The van der Waals surface area contributed by atoms with Crippen LogP contribution >= 0.6 is 0 Å². The first-order valence-electron chi connectivity index (χ1n) is 9.03. The second kappa shape index (κ2) is 7.44. The monoisotopic (exact) mass is 381 g/mol. The Morgan fingerprint density at radius 3 is 2.86 bits per heavy atom. The molecule has 0 fully saturated rings. The number of aliphatic hydroxyl groups is 1. The number of fused-ring (bicyclic) bond motifs is 1. The highest BCUT2D eigenvalue weighted by Crippen LogP contribution is 2.28. The number of hydrogen-bond acceptors (Lipinski definition) is 4. The molecule has 0 unspecified atom stereocenters. The molecule has 2 heterocycles. The van der Waals surface area contributed by atoms with E-state index in [4.69, 9.17) is 4.74 Å². The maximum absolute atomic E-state index is 13.1. The van der Waals surface area contributed by atoms with Crippen LogP contribution in [0, 0.1) is 5.82 Å². The summed E-state index contributed by atoms with van der Waals surface area (Å²) < 4.78 is 20.0. The summed E-state index contributed by atoms with van der Waals surface area (Å²) in [6.45, 7) is 0.734. The van der Waals surface area contributed by atoms with Crippen LogP contribution < -0.4 is 10.1 Å². The van der Waals surface area contributed by atoms with E-state index < -0.39 is 6.10 Å². The largest absolute Gasteiger partial charge is 0.493 e. The summed E-state index contributed by atoms with van der Waals surface area (Å²) >= 11 is 0. The Labute approximate surface area is 161 Å². The van der Waals surface area contributed by atoms with E-state index in [2.05, 4.69) is 10.4 Å². The summed E-state index contributed by atoms with van der Waals surface area (Å²) in [4.78, 5) is 12.5. The SMILES string of the molecule is Cn1nc(-c2ccc(F)cc2)cc1C(=O)NC[C@H](O)c1ccc2c(c1)CCO2. The molecule has 1 aliphatic heterocycles. The van der Waals surface area contributed by atoms with Crippen LogP contribution in [0.15, 0.2) is 48.5 Å². The van der Waals surface area contributed by atoms with Crippen molar-refractivity contribution in [3.05, 3.63) is 71.2 Å². The van der Waals surface area contributed by atoms with Gasteiger partial charge in [-0.05, 0) is 53.6 Å². The zero-order chi connectivity index (χ0) is 19.7. The Hall–Kier alpha value is -3.19. The van der Waals surface area contributed by atoms with Crippen molar-refractivity contribution in [3.63, 3.8) is 0 Å². The standard InChI is InChI=1S/C21H20FN3O3/c1-25-18(11-17(24-25)13-2-5-16(22)6-3-13)21(27)23-12-19(26)14-4-7-20-15(10-14)8-9-28-20/h2-7,10-11,19,26H,8-9,12H2,1H3,(H,23,27)/t19-/m0/s1. The third kappa shape index (κ3) is 3.61. The number of benzene rings is 2. The number of carbonyl (C=O) groups excluding carboxylic acids is 1. The van der Waals surface area contributed by atoms with Gasteiger partial charge in [-0.25, -0.2) is 4.39 Å². The summed E-state index contributed by atoms with van der Waals surface area (Å²) in [5.74, 6) is 0.180. The third-order valence-corrected chi connectivity index (χ3v) is 4.81. The fourth-order valence-electron chi connectivity index (χ4n) is 3.25. The van der Waals surface area contributed by atoms with Gasteiger partial charge in [0.1, 0.15) is 17.3 Å². The summed E-state index contributed by atoms with van der Waals surface area (Å²) in [5.41, 5.74) is 3.46. The second-order valence-electron chi connectivity index (χ2n) is 6.74. The van der Waals surface area contributed by atoms with Gasteiger partial charge < -0.3 is 15.2 Å². The van der Waals surface area contributed by atoms with Gasteiger partial charge >= 0.3 is 0 Å². The fourth-order valence-corrected chi connectivity index (χ4v) is 3.25. The lowest BCUT2D eigenvalue weighted by Gasteiger charge is -2.13. The molecule has 2 N–H and O–H groups in total. The number of hydrogen-bond donors (Lipinski definition) is 2. The fraction of sp³-hybridized carbons (Fsp3) is 0.238. The van der Waals surface area contributed by atoms with Gasteiger partial charge in [0.2, 0.25) is 0 Å². The summed E-state index contributed by atoms with van der Waals surface area (Å²) in [5, 5.41) is 17.5. The lowest BCUT2D eigenvalue weighted by Crippen LogP contribution is -2.29. The molecule has 0 saturated carbocycles. The zero-order valence-corrected chi connectivity index (χ0v) is 15.4. The number of halogens is 1. The predicted octanol–water partition coefficient (Wildman–Crippen LogP) is 2.62. The first-order valence-corrected chi connectivity index (χ1v) is 9.03. The number of aliphatic hydroxyl groups excluding tert-OH is 1. The van der Waals surface area contributed by atoms with Gasteiger partial charge in [-0.15, -0.1) is 0 Å². The molecule has 0 saturated heterocycles. The van der Waals surface area contributed by atoms with E-state index in [-0.39, 0.29) is 18.3 Å². The van der Waals surface area contributed by atoms with Crippen molar-refractivity contribution in [1.82, 2.24) is 15.1 Å². The molecule has 1 amide bonds. The molecule has 1 aliphatic rings. The maximum Gasteiger partial charge on any atom is 0.269 e. The predicted molar refractivity (Wildman–Crippen MR) is 102 cm³/mol. The highest BCUT2D eigenvalue weighted by molar-refractivity contribution is 5.93. The van der Waals surface area contributed by atoms with Gasteiger partial charge in [0.15, 0.2) is 0 Å². The molecule has 0 bridgehead atoms. The Bertz CT molecular complexity index is 1010. The van der Waals surface area contributed by atoms with E-state index in [1.807, 2.05) is 12.1 Å². The molecular formula is C21H20FN3O3. The zero-order valence-electron chi connectivity index (χ0n) is 15.4. The molecule has 2 aromatic carbocycles. The summed E-state index contributed by atoms with van der Waals surface area (Å²) in [6.07, 6.45) is 0.00308. The molecule has 144 valence electrons. The van der Waals surface area contributed by atoms with Gasteiger partial charge in [0.25, 0.3) is 5.91 Å². The van der Waals surface area contributed by atoms with E-state index in [9.17, 15) is 14.3 Å². The van der Waals surface area contributed by atoms with Crippen LogP contribution in [0.25, 0.3) is 11.3 Å². The Morgan fingerprint density at radius 2 is 2.07 bits per heavy atom. The lowest BCUT2D eigenvalue weighted by molar-refractivity contribution is 0.0907. The van der Waals surface area contributed by atoms with Gasteiger partial charge in [-0.2, -0.15) is 5.10 Å². The number of ether oxygens (including phenoxy) is 1. The topological polar surface area (TPSA) is 76.4 Å². The van der Waals surface area contributed by atoms with E-state index >= 15 is 0 Å². The Morgan fingerprint density at radius 1 is 1.29 bits per heavy atom. The lowest BCUT2D eigenvalue weighted by atomic mass is 10.0. The molecule has 28 heavy (non-hydrogen) atoms. The van der Waals surface area contributed by atoms with Gasteiger partial charge in [-0.3, -0.25) is 9.48 Å². The van der Waals surface area contributed by atoms with Crippen LogP contribution in [0.5, 0.6) is 5.75 Å². The molecule has 6 nitrogen and oxygen atoms in total. The number of nitrogens with one attached hydrogen (secondary N) is 1. The number of amides is 1. The second-order valence-corrected chi connectivity index (χ2v) is 6.74. The summed E-state index contributed by atoms with van der Waals surface area (Å²) in [6, 6.07) is 13.1. The normalized spacial score (nSPS) is 13.7. The van der Waals surface area contributed by atoms with Crippen LogP contribution in [0.1, 0.15) is 27.7 Å². The maximum atomic E-state index is 13.1. The molecule has 1 atom stereocenters. The quantitative estimate of drug-likeness (QED) is 0.712. The highest BCUT2D eigenvalue weighted by atomic mass is 19.1. The minimum Gasteiger partial charge on any atom is -0.493 e. The molecule has 7 heteroatoms. The smallest absolute Gasteiger partial charge is 0.269 e. The average Bonchev–Trinajstić information content (AvgIpc) is 3.32. The van der Waals surface area contributed by atoms with Crippen molar-refractivity contribution in [1.29, 1.82) is 0 Å². The van der Waals surface area contributed by atoms with Crippen LogP contribution in [0.3, 0.4) is 0 Å². The highest BCUT2D eigenvalue weighted by Gasteiger charge is 2.18. The van der Waals surface area contributed by atoms with Crippen molar-refractivity contribution in [2.75, 3.05) is 13.2 Å². The van der Waals surface area contributed by atoms with Crippen molar-refractivity contribution in [2.24, 2.45) is 7.05 Å². The van der Waals surface area contributed by atoms with Gasteiger partial charge in [0.05, 0.1) is 18.4 Å². The number of aryl methyl sites for hydroxylation is 1. The van der Waals surface area contributed by atoms with E-state index in [0.717, 1.165) is 28.9 Å². The minimum atomic E-state index is -0.820. The van der Waals surface area contributed by atoms with E-state index in [1.54, 1.807) is 31.3 Å². The first-order chi connectivity index (χ1) is 13.5. The Balaban J connectivity index is 1.43. The van der Waals surface area contributed by atoms with Crippen molar-refractivity contribution < 1.29 is 19.0 Å². The van der Waals surface area contributed by atoms with Crippen molar-refractivity contribution >= 4 is 5.91 Å². The number of nitrogens with zero attached hydrogens (tertiary/aromatic N) is 2.